The van der Waals surface area contributed by atoms with E-state index >= 15 is 0 Å². The van der Waals surface area contributed by atoms with Crippen LogP contribution >= 0.6 is 0 Å². The SMILES string of the molecule is C/C(=C\C(F)(F)C=O)c1ccc(C)cc1. The van der Waals surface area contributed by atoms with E-state index in [9.17, 15) is 13.6 Å². The van der Waals surface area contributed by atoms with E-state index in [1.165, 1.54) is 0 Å². The van der Waals surface area contributed by atoms with E-state index in [-0.39, 0.29) is 6.29 Å². The molecular formula is C12H12F2O. The molecule has 1 aromatic carbocycles. The molecule has 1 nitrogen and oxygen atoms in total. The van der Waals surface area contributed by atoms with Gasteiger partial charge >= 0.3 is 5.92 Å². The Balaban J connectivity index is 2.99. The van der Waals surface area contributed by atoms with Crippen molar-refractivity contribution in [1.29, 1.82) is 0 Å². The van der Waals surface area contributed by atoms with Gasteiger partial charge in [-0.25, -0.2) is 0 Å². The van der Waals surface area contributed by atoms with Gasteiger partial charge in [0.25, 0.3) is 0 Å². The van der Waals surface area contributed by atoms with Gasteiger partial charge in [-0.2, -0.15) is 8.78 Å². The van der Waals surface area contributed by atoms with Gasteiger partial charge in [0.1, 0.15) is 0 Å². The number of aryl methyl sites for hydroxylation is 1. The van der Waals surface area contributed by atoms with Crippen LogP contribution in [-0.2, 0) is 4.79 Å². The Hall–Kier alpha value is -1.51. The summed E-state index contributed by atoms with van der Waals surface area (Å²) in [6, 6.07) is 7.18. The molecule has 1 aromatic rings. The minimum atomic E-state index is -3.38. The van der Waals surface area contributed by atoms with E-state index in [0.29, 0.717) is 17.2 Å². The quantitative estimate of drug-likeness (QED) is 0.700. The fourth-order valence-electron chi connectivity index (χ4n) is 1.22. The number of rotatable bonds is 3. The number of carbonyl (C=O) groups is 1. The molecule has 0 amide bonds. The summed E-state index contributed by atoms with van der Waals surface area (Å²) in [6.45, 7) is 3.48. The molecule has 0 heterocycles. The zero-order valence-electron chi connectivity index (χ0n) is 8.63. The standard InChI is InChI=1S/C12H12F2O/c1-9-3-5-11(6-4-9)10(2)7-12(13,14)8-15/h3-8H,1-2H3/b10-7+. The van der Waals surface area contributed by atoms with Crippen molar-refractivity contribution < 1.29 is 13.6 Å². The van der Waals surface area contributed by atoms with Crippen molar-refractivity contribution in [2.45, 2.75) is 19.8 Å². The first kappa shape index (κ1) is 11.6. The molecule has 0 aliphatic heterocycles. The number of halogens is 2. The first-order chi connectivity index (χ1) is 6.94. The molecule has 80 valence electrons. The van der Waals surface area contributed by atoms with Gasteiger partial charge in [-0.1, -0.05) is 29.8 Å². The Morgan fingerprint density at radius 1 is 1.27 bits per heavy atom. The molecule has 0 radical (unpaired) electrons. The van der Waals surface area contributed by atoms with Crippen LogP contribution in [0.5, 0.6) is 0 Å². The highest BCUT2D eigenvalue weighted by molar-refractivity contribution is 5.72. The van der Waals surface area contributed by atoms with Gasteiger partial charge in [0.05, 0.1) is 0 Å². The lowest BCUT2D eigenvalue weighted by atomic mass is 10.0. The molecule has 0 N–H and O–H groups in total. The highest BCUT2D eigenvalue weighted by Crippen LogP contribution is 2.21. The van der Waals surface area contributed by atoms with Gasteiger partial charge in [-0.15, -0.1) is 0 Å². The molecule has 3 heteroatoms. The maximum Gasteiger partial charge on any atom is 0.321 e. The van der Waals surface area contributed by atoms with Crippen LogP contribution in [0.4, 0.5) is 8.78 Å². The molecule has 0 saturated heterocycles. The summed E-state index contributed by atoms with van der Waals surface area (Å²) in [4.78, 5) is 10.1. The van der Waals surface area contributed by atoms with E-state index < -0.39 is 5.92 Å². The van der Waals surface area contributed by atoms with Crippen LogP contribution in [-0.4, -0.2) is 12.2 Å². The number of benzene rings is 1. The van der Waals surface area contributed by atoms with Crippen LogP contribution in [0.15, 0.2) is 30.3 Å². The van der Waals surface area contributed by atoms with Crippen LogP contribution < -0.4 is 0 Å². The summed E-state index contributed by atoms with van der Waals surface area (Å²) in [6.07, 6.45) is 0.315. The molecule has 0 fully saturated rings. The Morgan fingerprint density at radius 2 is 1.80 bits per heavy atom. The average Bonchev–Trinajstić information content (AvgIpc) is 2.18. The van der Waals surface area contributed by atoms with Crippen molar-refractivity contribution in [3.63, 3.8) is 0 Å². The monoisotopic (exact) mass is 210 g/mol. The number of aldehydes is 1. The first-order valence-corrected chi connectivity index (χ1v) is 4.55. The van der Waals surface area contributed by atoms with Crippen molar-refractivity contribution in [3.8, 4) is 0 Å². The van der Waals surface area contributed by atoms with E-state index in [4.69, 9.17) is 0 Å². The third-order valence-corrected chi connectivity index (χ3v) is 2.07. The predicted octanol–water partition coefficient (Wildman–Crippen LogP) is 3.23. The first-order valence-electron chi connectivity index (χ1n) is 4.55. The maximum absolute atomic E-state index is 12.7. The van der Waals surface area contributed by atoms with Gasteiger partial charge in [0.2, 0.25) is 0 Å². The molecule has 15 heavy (non-hydrogen) atoms. The minimum Gasteiger partial charge on any atom is -0.296 e. The van der Waals surface area contributed by atoms with Crippen molar-refractivity contribution in [1.82, 2.24) is 0 Å². The van der Waals surface area contributed by atoms with Crippen molar-refractivity contribution in [2.75, 3.05) is 0 Å². The van der Waals surface area contributed by atoms with E-state index in [0.717, 1.165) is 5.56 Å². The molecule has 0 unspecified atom stereocenters. The lowest BCUT2D eigenvalue weighted by Crippen LogP contribution is -2.13. The second kappa shape index (κ2) is 4.34. The fraction of sp³-hybridized carbons (Fsp3) is 0.250. The zero-order valence-corrected chi connectivity index (χ0v) is 8.63. The van der Waals surface area contributed by atoms with E-state index in [2.05, 4.69) is 0 Å². The molecule has 0 atom stereocenters. The van der Waals surface area contributed by atoms with Gasteiger partial charge in [-0.3, -0.25) is 4.79 Å². The lowest BCUT2D eigenvalue weighted by Gasteiger charge is -2.06. The van der Waals surface area contributed by atoms with E-state index in [1.54, 1.807) is 19.1 Å². The zero-order chi connectivity index (χ0) is 11.5. The summed E-state index contributed by atoms with van der Waals surface area (Å²) in [5, 5.41) is 0. The second-order valence-corrected chi connectivity index (χ2v) is 3.49. The molecule has 0 aliphatic rings. The maximum atomic E-state index is 12.7. The Bertz CT molecular complexity index is 377. The number of carbonyl (C=O) groups excluding carboxylic acids is 1. The summed E-state index contributed by atoms with van der Waals surface area (Å²) in [5.74, 6) is -3.38. The number of alkyl halides is 2. The topological polar surface area (TPSA) is 17.1 Å². The largest absolute Gasteiger partial charge is 0.321 e. The highest BCUT2D eigenvalue weighted by Gasteiger charge is 2.24. The van der Waals surface area contributed by atoms with Crippen LogP contribution in [0.1, 0.15) is 18.1 Å². The van der Waals surface area contributed by atoms with Crippen LogP contribution in [0.25, 0.3) is 5.57 Å². The molecule has 0 spiro atoms. The van der Waals surface area contributed by atoms with Crippen molar-refractivity contribution in [3.05, 3.63) is 41.5 Å². The van der Waals surface area contributed by atoms with Crippen molar-refractivity contribution >= 4 is 11.9 Å². The summed E-state index contributed by atoms with van der Waals surface area (Å²) in [7, 11) is 0. The van der Waals surface area contributed by atoms with Crippen molar-refractivity contribution in [2.24, 2.45) is 0 Å². The Morgan fingerprint density at radius 3 is 2.27 bits per heavy atom. The number of hydrogen-bond acceptors (Lipinski definition) is 1. The predicted molar refractivity (Wildman–Crippen MR) is 55.8 cm³/mol. The molecular weight excluding hydrogens is 198 g/mol. The molecule has 0 bridgehead atoms. The Labute approximate surface area is 87.4 Å². The second-order valence-electron chi connectivity index (χ2n) is 3.49. The summed E-state index contributed by atoms with van der Waals surface area (Å²) in [5.41, 5.74) is 2.16. The fourth-order valence-corrected chi connectivity index (χ4v) is 1.22. The normalized spacial score (nSPS) is 12.7. The third kappa shape index (κ3) is 3.27. The third-order valence-electron chi connectivity index (χ3n) is 2.07. The van der Waals surface area contributed by atoms with Gasteiger partial charge in [-0.05, 0) is 31.1 Å². The minimum absolute atomic E-state index is 0.356. The lowest BCUT2D eigenvalue weighted by molar-refractivity contribution is -0.123. The van der Waals surface area contributed by atoms with Crippen LogP contribution in [0.3, 0.4) is 0 Å². The number of allylic oxidation sites excluding steroid dienone is 2. The van der Waals surface area contributed by atoms with E-state index in [1.807, 2.05) is 19.1 Å². The summed E-state index contributed by atoms with van der Waals surface area (Å²) < 4.78 is 25.4. The molecule has 0 saturated carbocycles. The van der Waals surface area contributed by atoms with Crippen LogP contribution in [0, 0.1) is 6.92 Å². The van der Waals surface area contributed by atoms with Crippen LogP contribution in [0.2, 0.25) is 0 Å². The highest BCUT2D eigenvalue weighted by atomic mass is 19.3. The molecule has 1 rings (SSSR count). The Kier molecular flexibility index (Phi) is 3.35. The van der Waals surface area contributed by atoms with Gasteiger partial charge in [0.15, 0.2) is 6.29 Å². The van der Waals surface area contributed by atoms with Gasteiger partial charge in [0, 0.05) is 0 Å². The smallest absolute Gasteiger partial charge is 0.296 e. The van der Waals surface area contributed by atoms with Gasteiger partial charge < -0.3 is 0 Å². The molecule has 0 aliphatic carbocycles. The number of hydrogen-bond donors (Lipinski definition) is 0. The molecule has 0 aromatic heterocycles. The summed E-state index contributed by atoms with van der Waals surface area (Å²) >= 11 is 0. The average molecular weight is 210 g/mol.